The van der Waals surface area contributed by atoms with Crippen molar-refractivity contribution >= 4 is 28.0 Å². The Balaban J connectivity index is 1.85. The fourth-order valence-corrected chi connectivity index (χ4v) is 4.96. The van der Waals surface area contributed by atoms with Gasteiger partial charge < -0.3 is 10.1 Å². The average Bonchev–Trinajstić information content (AvgIpc) is 2.84. The number of aryl methyl sites for hydroxylation is 1. The molecule has 1 aliphatic heterocycles. The zero-order valence-electron chi connectivity index (χ0n) is 19.7. The molecule has 1 aliphatic rings. The highest BCUT2D eigenvalue weighted by Gasteiger charge is 2.22. The van der Waals surface area contributed by atoms with Crippen LogP contribution in [0.2, 0.25) is 0 Å². The minimum atomic E-state index is -4.07. The summed E-state index contributed by atoms with van der Waals surface area (Å²) in [5, 5.41) is 2.97. The molecule has 4 rings (SSSR count). The smallest absolute Gasteiger partial charge is 0.264 e. The molecule has 0 saturated heterocycles. The molecule has 182 valence electrons. The maximum absolute atomic E-state index is 13.1. The van der Waals surface area contributed by atoms with Crippen molar-refractivity contribution in [2.75, 3.05) is 11.3 Å². The summed E-state index contributed by atoms with van der Waals surface area (Å²) in [4.78, 5) is 21.6. The number of ether oxygens (including phenoxy) is 1. The van der Waals surface area contributed by atoms with Crippen molar-refractivity contribution in [1.82, 2.24) is 15.3 Å². The Kier molecular flexibility index (Phi) is 7.16. The van der Waals surface area contributed by atoms with E-state index in [0.717, 1.165) is 29.5 Å². The van der Waals surface area contributed by atoms with Gasteiger partial charge in [0.15, 0.2) is 0 Å². The highest BCUT2D eigenvalue weighted by molar-refractivity contribution is 7.92. The number of carbonyl (C=O) groups excluding carboxylic acids is 1. The van der Waals surface area contributed by atoms with Crippen LogP contribution in [0.4, 0.5) is 5.95 Å². The summed E-state index contributed by atoms with van der Waals surface area (Å²) in [5.41, 5.74) is 3.34. The third-order valence-electron chi connectivity index (χ3n) is 5.79. The van der Waals surface area contributed by atoms with Crippen molar-refractivity contribution in [3.8, 4) is 17.1 Å². The van der Waals surface area contributed by atoms with Gasteiger partial charge in [-0.1, -0.05) is 56.7 Å². The molecular formula is C26H28N4O4S. The zero-order valence-corrected chi connectivity index (χ0v) is 20.6. The zero-order chi connectivity index (χ0) is 25.0. The van der Waals surface area contributed by atoms with Crippen LogP contribution in [-0.2, 0) is 10.0 Å². The maximum Gasteiger partial charge on any atom is 0.264 e. The fourth-order valence-electron chi connectivity index (χ4n) is 3.97. The van der Waals surface area contributed by atoms with Crippen LogP contribution in [0.5, 0.6) is 5.88 Å². The quantitative estimate of drug-likeness (QED) is 0.540. The van der Waals surface area contributed by atoms with Gasteiger partial charge in [0.2, 0.25) is 11.8 Å². The van der Waals surface area contributed by atoms with Crippen LogP contribution in [0.3, 0.4) is 0 Å². The van der Waals surface area contributed by atoms with Crippen LogP contribution in [0.1, 0.15) is 47.7 Å². The van der Waals surface area contributed by atoms with Crippen LogP contribution in [0.15, 0.2) is 60.0 Å². The van der Waals surface area contributed by atoms with E-state index in [4.69, 9.17) is 4.74 Å². The van der Waals surface area contributed by atoms with Gasteiger partial charge in [0, 0.05) is 17.2 Å². The fraction of sp³-hybridized carbons (Fsp3) is 0.269. The number of hydrogen-bond acceptors (Lipinski definition) is 6. The first-order chi connectivity index (χ1) is 16.8. The number of benzene rings is 2. The predicted octanol–water partition coefficient (Wildman–Crippen LogP) is 4.58. The van der Waals surface area contributed by atoms with Crippen LogP contribution < -0.4 is 14.8 Å². The SMILES string of the molecule is C=Cc1cccc(C)c1-c1cc2nc(n1)NS(=O)(=O)c1cccc(c1)C(=O)N[C@H](CCCC)CO2. The molecular weight excluding hydrogens is 464 g/mol. The molecule has 9 heteroatoms. The lowest BCUT2D eigenvalue weighted by Crippen LogP contribution is -2.39. The van der Waals surface area contributed by atoms with E-state index in [1.165, 1.54) is 18.2 Å². The predicted molar refractivity (Wildman–Crippen MR) is 136 cm³/mol. The van der Waals surface area contributed by atoms with Crippen molar-refractivity contribution in [2.24, 2.45) is 0 Å². The summed E-state index contributed by atoms with van der Waals surface area (Å²) in [6, 6.07) is 13.0. The molecule has 35 heavy (non-hydrogen) atoms. The Bertz CT molecular complexity index is 1370. The monoisotopic (exact) mass is 492 g/mol. The highest BCUT2D eigenvalue weighted by Crippen LogP contribution is 2.30. The lowest BCUT2D eigenvalue weighted by Gasteiger charge is -2.19. The average molecular weight is 493 g/mol. The lowest BCUT2D eigenvalue weighted by atomic mass is 9.99. The Morgan fingerprint density at radius 3 is 2.74 bits per heavy atom. The van der Waals surface area contributed by atoms with E-state index in [9.17, 15) is 13.2 Å². The van der Waals surface area contributed by atoms with Crippen LogP contribution >= 0.6 is 0 Å². The number of rotatable bonds is 5. The Labute approximate surface area is 205 Å². The standard InChI is InChI=1S/C26H28N4O4S/c1-4-6-12-20-16-34-23-15-22(24-17(3)9-7-10-18(24)5-2)28-26(29-23)30-35(32,33)21-13-8-11-19(14-21)25(31)27-20/h5,7-11,13-15,20H,2,4,6,12,16H2,1,3H3,(H,27,31)(H,28,29,30)/t20-/m1/s1. The third kappa shape index (κ3) is 5.51. The number of carbonyl (C=O) groups is 1. The van der Waals surface area contributed by atoms with Gasteiger partial charge in [0.05, 0.1) is 16.6 Å². The molecule has 1 atom stereocenters. The normalized spacial score (nSPS) is 17.0. The molecule has 2 heterocycles. The van der Waals surface area contributed by atoms with Gasteiger partial charge in [0.1, 0.15) is 6.61 Å². The Morgan fingerprint density at radius 2 is 1.97 bits per heavy atom. The number of fused-ring (bicyclic) bond motifs is 4. The second-order valence-corrected chi connectivity index (χ2v) is 10.1. The number of nitrogens with zero attached hydrogens (tertiary/aromatic N) is 2. The number of amides is 1. The molecule has 0 aliphatic carbocycles. The van der Waals surface area contributed by atoms with E-state index in [0.29, 0.717) is 12.1 Å². The first kappa shape index (κ1) is 24.4. The second kappa shape index (κ2) is 10.3. The maximum atomic E-state index is 13.1. The largest absolute Gasteiger partial charge is 0.475 e. The molecule has 0 unspecified atom stereocenters. The molecule has 0 radical (unpaired) electrons. The minimum Gasteiger partial charge on any atom is -0.475 e. The summed E-state index contributed by atoms with van der Waals surface area (Å²) >= 11 is 0. The molecule has 2 aromatic carbocycles. The van der Waals surface area contributed by atoms with E-state index >= 15 is 0 Å². The number of aromatic nitrogens is 2. The van der Waals surface area contributed by atoms with Gasteiger partial charge in [-0.3, -0.25) is 4.79 Å². The van der Waals surface area contributed by atoms with Gasteiger partial charge in [-0.25, -0.2) is 18.1 Å². The summed E-state index contributed by atoms with van der Waals surface area (Å²) in [7, 11) is -4.07. The van der Waals surface area contributed by atoms with Gasteiger partial charge in [0.25, 0.3) is 15.9 Å². The molecule has 4 bridgehead atoms. The van der Waals surface area contributed by atoms with E-state index < -0.39 is 10.0 Å². The summed E-state index contributed by atoms with van der Waals surface area (Å²) in [6.45, 7) is 8.08. The van der Waals surface area contributed by atoms with Crippen LogP contribution in [0.25, 0.3) is 17.3 Å². The van der Waals surface area contributed by atoms with E-state index in [-0.39, 0.29) is 40.8 Å². The van der Waals surface area contributed by atoms with Crippen molar-refractivity contribution in [2.45, 2.75) is 44.0 Å². The van der Waals surface area contributed by atoms with Gasteiger partial charge in [-0.05, 0) is 42.7 Å². The van der Waals surface area contributed by atoms with Crippen molar-refractivity contribution in [3.63, 3.8) is 0 Å². The van der Waals surface area contributed by atoms with Gasteiger partial charge >= 0.3 is 0 Å². The third-order valence-corrected chi connectivity index (χ3v) is 7.12. The number of anilines is 1. The number of sulfonamides is 1. The molecule has 3 aromatic rings. The van der Waals surface area contributed by atoms with Crippen LogP contribution in [-0.4, -0.2) is 36.9 Å². The highest BCUT2D eigenvalue weighted by atomic mass is 32.2. The van der Waals surface area contributed by atoms with Crippen molar-refractivity contribution in [1.29, 1.82) is 0 Å². The van der Waals surface area contributed by atoms with E-state index in [1.54, 1.807) is 18.2 Å². The molecule has 0 fully saturated rings. The second-order valence-electron chi connectivity index (χ2n) is 8.42. The minimum absolute atomic E-state index is 0.0614. The molecule has 1 aromatic heterocycles. The lowest BCUT2D eigenvalue weighted by molar-refractivity contribution is 0.0916. The molecule has 1 amide bonds. The molecule has 2 N–H and O–H groups in total. The van der Waals surface area contributed by atoms with Crippen molar-refractivity contribution in [3.05, 3.63) is 71.8 Å². The van der Waals surface area contributed by atoms with Gasteiger partial charge in [-0.15, -0.1) is 0 Å². The molecule has 8 nitrogen and oxygen atoms in total. The summed E-state index contributed by atoms with van der Waals surface area (Å²) in [5.74, 6) is -0.280. The first-order valence-electron chi connectivity index (χ1n) is 11.5. The Morgan fingerprint density at radius 1 is 1.17 bits per heavy atom. The first-order valence-corrected chi connectivity index (χ1v) is 13.0. The summed E-state index contributed by atoms with van der Waals surface area (Å²) in [6.07, 6.45) is 4.29. The van der Waals surface area contributed by atoms with Crippen LogP contribution in [0, 0.1) is 6.92 Å². The van der Waals surface area contributed by atoms with E-state index in [1.807, 2.05) is 25.1 Å². The van der Waals surface area contributed by atoms with E-state index in [2.05, 4.69) is 33.5 Å². The van der Waals surface area contributed by atoms with Gasteiger partial charge in [-0.2, -0.15) is 4.98 Å². The molecule has 0 saturated carbocycles. The topological polar surface area (TPSA) is 110 Å². The Hall–Kier alpha value is -3.72. The number of nitrogens with one attached hydrogen (secondary N) is 2. The number of hydrogen-bond donors (Lipinski definition) is 2. The van der Waals surface area contributed by atoms with Crippen molar-refractivity contribution < 1.29 is 17.9 Å². The molecule has 0 spiro atoms. The summed E-state index contributed by atoms with van der Waals surface area (Å²) < 4.78 is 34.7. The number of unbranched alkanes of at least 4 members (excludes halogenated alkanes) is 1.